The number of amides is 2. The highest BCUT2D eigenvalue weighted by molar-refractivity contribution is 5.98. The van der Waals surface area contributed by atoms with Gasteiger partial charge >= 0.3 is 5.97 Å². The van der Waals surface area contributed by atoms with E-state index in [4.69, 9.17) is 5.11 Å². The lowest BCUT2D eigenvalue weighted by Crippen LogP contribution is -2.41. The summed E-state index contributed by atoms with van der Waals surface area (Å²) in [5.74, 6) is -2.13. The highest BCUT2D eigenvalue weighted by atomic mass is 16.4. The van der Waals surface area contributed by atoms with Crippen LogP contribution < -0.4 is 5.32 Å². The molecule has 1 heterocycles. The Bertz CT molecular complexity index is 869. The Kier molecular flexibility index (Phi) is 5.48. The fourth-order valence-corrected chi connectivity index (χ4v) is 3.58. The van der Waals surface area contributed by atoms with Gasteiger partial charge in [0, 0.05) is 35.9 Å². The van der Waals surface area contributed by atoms with Crippen molar-refractivity contribution in [2.75, 3.05) is 18.4 Å². The van der Waals surface area contributed by atoms with Crippen molar-refractivity contribution in [2.45, 2.75) is 33.2 Å². The van der Waals surface area contributed by atoms with Gasteiger partial charge in [0.2, 0.25) is 11.8 Å². The molecular formula is C20H25N3O4. The number of hydrogen-bond donors (Lipinski definition) is 2. The second-order valence-corrected chi connectivity index (χ2v) is 6.90. The molecule has 0 radical (unpaired) electrons. The summed E-state index contributed by atoms with van der Waals surface area (Å²) < 4.78 is 1.90. The second-order valence-electron chi connectivity index (χ2n) is 6.90. The summed E-state index contributed by atoms with van der Waals surface area (Å²) >= 11 is 0. The van der Waals surface area contributed by atoms with Crippen molar-refractivity contribution in [3.8, 4) is 0 Å². The van der Waals surface area contributed by atoms with Gasteiger partial charge < -0.3 is 19.9 Å². The molecule has 1 aromatic heterocycles. The van der Waals surface area contributed by atoms with E-state index in [1.54, 1.807) is 11.0 Å². The molecule has 0 saturated heterocycles. The van der Waals surface area contributed by atoms with E-state index in [0.29, 0.717) is 31.6 Å². The Balaban J connectivity index is 1.71. The lowest BCUT2D eigenvalue weighted by Gasteiger charge is -2.31. The minimum Gasteiger partial charge on any atom is -0.481 e. The molecule has 27 heavy (non-hydrogen) atoms. The van der Waals surface area contributed by atoms with Gasteiger partial charge in [-0.05, 0) is 51.0 Å². The van der Waals surface area contributed by atoms with Gasteiger partial charge in [0.25, 0.3) is 0 Å². The van der Waals surface area contributed by atoms with Crippen molar-refractivity contribution < 1.29 is 19.5 Å². The molecule has 0 aliphatic heterocycles. The standard InChI is InChI=1S/C20H25N3O4/c1-3-22(4-2)18(24)12-23-10-9-13-11-14(5-8-17(13)23)21-19(25)15-6-7-16(15)20(26)27/h5,8-11,15-16H,3-4,6-7,12H2,1-2H3,(H,21,25)(H,26,27). The maximum absolute atomic E-state index is 12.3. The number of carboxylic acid groups (broad SMARTS) is 1. The molecule has 2 N–H and O–H groups in total. The molecule has 1 aromatic carbocycles. The Hall–Kier alpha value is -2.83. The van der Waals surface area contributed by atoms with Crippen LogP contribution in [0.3, 0.4) is 0 Å². The van der Waals surface area contributed by atoms with Gasteiger partial charge in [-0.15, -0.1) is 0 Å². The van der Waals surface area contributed by atoms with Gasteiger partial charge in [-0.3, -0.25) is 14.4 Å². The first kappa shape index (κ1) is 18.9. The minimum absolute atomic E-state index is 0.0691. The third kappa shape index (κ3) is 3.82. The Labute approximate surface area is 157 Å². The van der Waals surface area contributed by atoms with Crippen LogP contribution in [0.15, 0.2) is 30.5 Å². The number of nitrogens with one attached hydrogen (secondary N) is 1. The molecule has 1 saturated carbocycles. The molecular weight excluding hydrogens is 346 g/mol. The molecule has 7 heteroatoms. The van der Waals surface area contributed by atoms with E-state index < -0.39 is 17.8 Å². The predicted molar refractivity (Wildman–Crippen MR) is 102 cm³/mol. The Morgan fingerprint density at radius 2 is 1.85 bits per heavy atom. The zero-order valence-corrected chi connectivity index (χ0v) is 15.6. The Morgan fingerprint density at radius 1 is 1.15 bits per heavy atom. The Morgan fingerprint density at radius 3 is 2.44 bits per heavy atom. The maximum Gasteiger partial charge on any atom is 0.307 e. The second kappa shape index (κ2) is 7.82. The number of carbonyl (C=O) groups excluding carboxylic acids is 2. The molecule has 2 amide bonds. The number of aliphatic carboxylic acids is 1. The summed E-state index contributed by atoms with van der Waals surface area (Å²) in [7, 11) is 0. The maximum atomic E-state index is 12.3. The van der Waals surface area contributed by atoms with Gasteiger partial charge in [0.05, 0.1) is 11.8 Å². The topological polar surface area (TPSA) is 91.6 Å². The van der Waals surface area contributed by atoms with Crippen LogP contribution in [-0.4, -0.2) is 45.4 Å². The first-order valence-corrected chi connectivity index (χ1v) is 9.35. The number of carbonyl (C=O) groups is 3. The molecule has 1 aliphatic carbocycles. The number of benzene rings is 1. The van der Waals surface area contributed by atoms with Crippen molar-refractivity contribution in [1.29, 1.82) is 0 Å². The van der Waals surface area contributed by atoms with E-state index in [9.17, 15) is 14.4 Å². The van der Waals surface area contributed by atoms with E-state index >= 15 is 0 Å². The summed E-state index contributed by atoms with van der Waals surface area (Å²) in [6, 6.07) is 7.41. The predicted octanol–water partition coefficient (Wildman–Crippen LogP) is 2.56. The average Bonchev–Trinajstić information content (AvgIpc) is 2.96. The summed E-state index contributed by atoms with van der Waals surface area (Å²) in [5, 5.41) is 12.8. The third-order valence-corrected chi connectivity index (χ3v) is 5.39. The van der Waals surface area contributed by atoms with Gasteiger partial charge in [0.15, 0.2) is 0 Å². The molecule has 7 nitrogen and oxygen atoms in total. The number of fused-ring (bicyclic) bond motifs is 1. The number of likely N-dealkylation sites (N-methyl/N-ethyl adjacent to an activating group) is 1. The minimum atomic E-state index is -0.910. The molecule has 1 aliphatic rings. The van der Waals surface area contributed by atoms with Crippen LogP contribution in [0.2, 0.25) is 0 Å². The van der Waals surface area contributed by atoms with Crippen LogP contribution in [0, 0.1) is 11.8 Å². The van der Waals surface area contributed by atoms with Crippen molar-refractivity contribution >= 4 is 34.4 Å². The number of aromatic nitrogens is 1. The fourth-order valence-electron chi connectivity index (χ4n) is 3.58. The van der Waals surface area contributed by atoms with E-state index in [0.717, 1.165) is 10.9 Å². The van der Waals surface area contributed by atoms with Crippen molar-refractivity contribution in [1.82, 2.24) is 9.47 Å². The number of rotatable bonds is 7. The van der Waals surface area contributed by atoms with Crippen molar-refractivity contribution in [3.63, 3.8) is 0 Å². The zero-order valence-electron chi connectivity index (χ0n) is 15.6. The van der Waals surface area contributed by atoms with Crippen LogP contribution in [0.25, 0.3) is 10.9 Å². The molecule has 144 valence electrons. The normalized spacial score (nSPS) is 18.7. The average molecular weight is 371 g/mol. The van der Waals surface area contributed by atoms with Gasteiger partial charge in [-0.1, -0.05) is 0 Å². The van der Waals surface area contributed by atoms with Crippen LogP contribution in [0.5, 0.6) is 0 Å². The lowest BCUT2D eigenvalue weighted by molar-refractivity contribution is -0.151. The first-order valence-electron chi connectivity index (χ1n) is 9.35. The summed E-state index contributed by atoms with van der Waals surface area (Å²) in [6.45, 7) is 5.56. The number of anilines is 1. The zero-order chi connectivity index (χ0) is 19.6. The van der Waals surface area contributed by atoms with Crippen LogP contribution in [0.1, 0.15) is 26.7 Å². The molecule has 2 aromatic rings. The van der Waals surface area contributed by atoms with E-state index in [2.05, 4.69) is 5.32 Å². The van der Waals surface area contributed by atoms with Crippen molar-refractivity contribution in [2.24, 2.45) is 11.8 Å². The molecule has 0 bridgehead atoms. The number of hydrogen-bond acceptors (Lipinski definition) is 3. The quantitative estimate of drug-likeness (QED) is 0.782. The fraction of sp³-hybridized carbons (Fsp3) is 0.450. The van der Waals surface area contributed by atoms with Gasteiger partial charge in [0.1, 0.15) is 6.54 Å². The monoisotopic (exact) mass is 371 g/mol. The van der Waals surface area contributed by atoms with Gasteiger partial charge in [-0.2, -0.15) is 0 Å². The molecule has 0 spiro atoms. The van der Waals surface area contributed by atoms with Crippen molar-refractivity contribution in [3.05, 3.63) is 30.5 Å². The molecule has 1 fully saturated rings. The van der Waals surface area contributed by atoms with E-state index in [1.165, 1.54) is 0 Å². The van der Waals surface area contributed by atoms with E-state index in [1.807, 2.05) is 42.8 Å². The molecule has 2 atom stereocenters. The first-order chi connectivity index (χ1) is 12.9. The van der Waals surface area contributed by atoms with E-state index in [-0.39, 0.29) is 18.4 Å². The largest absolute Gasteiger partial charge is 0.481 e. The smallest absolute Gasteiger partial charge is 0.307 e. The summed E-state index contributed by atoms with van der Waals surface area (Å²) in [6.07, 6.45) is 3.02. The molecule has 3 rings (SSSR count). The van der Waals surface area contributed by atoms with Crippen LogP contribution >= 0.6 is 0 Å². The highest BCUT2D eigenvalue weighted by Gasteiger charge is 2.41. The molecule has 2 unspecified atom stereocenters. The SMILES string of the molecule is CCN(CC)C(=O)Cn1ccc2cc(NC(=O)C3CCC3C(=O)O)ccc21. The highest BCUT2D eigenvalue weighted by Crippen LogP contribution is 2.35. The van der Waals surface area contributed by atoms with Crippen LogP contribution in [0.4, 0.5) is 5.69 Å². The summed E-state index contributed by atoms with van der Waals surface area (Å²) in [5.41, 5.74) is 1.55. The summed E-state index contributed by atoms with van der Waals surface area (Å²) in [4.78, 5) is 37.5. The third-order valence-electron chi connectivity index (χ3n) is 5.39. The lowest BCUT2D eigenvalue weighted by atomic mass is 9.73. The number of nitrogens with zero attached hydrogens (tertiary/aromatic N) is 2. The van der Waals surface area contributed by atoms with Gasteiger partial charge in [-0.25, -0.2) is 0 Å². The number of carboxylic acids is 1. The van der Waals surface area contributed by atoms with Crippen LogP contribution in [-0.2, 0) is 20.9 Å².